The van der Waals surface area contributed by atoms with Gasteiger partial charge in [-0.25, -0.2) is 27.9 Å². The molecule has 2 aromatic heterocycles. The van der Waals surface area contributed by atoms with Gasteiger partial charge in [0.25, 0.3) is 10.0 Å². The van der Waals surface area contributed by atoms with Gasteiger partial charge in [-0.15, -0.1) is 11.3 Å². The molecule has 0 amide bonds. The summed E-state index contributed by atoms with van der Waals surface area (Å²) in [6, 6.07) is 0. The van der Waals surface area contributed by atoms with Crippen LogP contribution in [0.15, 0.2) is 22.9 Å². The van der Waals surface area contributed by atoms with Crippen molar-refractivity contribution in [3.8, 4) is 0 Å². The summed E-state index contributed by atoms with van der Waals surface area (Å²) in [7, 11) is -2.05. The molecule has 0 saturated carbocycles. The number of aryl methyl sites for hydroxylation is 1. The van der Waals surface area contributed by atoms with E-state index in [1.165, 1.54) is 22.5 Å². The lowest BCUT2D eigenvalue weighted by Gasteiger charge is -2.01. The van der Waals surface area contributed by atoms with Crippen molar-refractivity contribution in [1.82, 2.24) is 19.3 Å². The van der Waals surface area contributed by atoms with E-state index in [-0.39, 0.29) is 17.3 Å². The fraction of sp³-hybridized carbons (Fsp3) is 0.222. The maximum absolute atomic E-state index is 11.8. The Hall–Kier alpha value is -1.78. The molecular formula is C9H10N4O4S2. The lowest BCUT2D eigenvalue weighted by Crippen LogP contribution is -2.23. The molecule has 10 heteroatoms. The molecule has 0 aliphatic carbocycles. The number of nitrogens with one attached hydrogen (secondary N) is 1. The minimum Gasteiger partial charge on any atom is -0.476 e. The predicted octanol–water partition coefficient (Wildman–Crippen LogP) is 0.0533. The summed E-state index contributed by atoms with van der Waals surface area (Å²) in [6.07, 6.45) is 2.74. The number of sulfonamides is 1. The van der Waals surface area contributed by atoms with E-state index in [0.717, 1.165) is 11.3 Å². The average Bonchev–Trinajstić information content (AvgIpc) is 2.95. The van der Waals surface area contributed by atoms with Gasteiger partial charge < -0.3 is 9.67 Å². The summed E-state index contributed by atoms with van der Waals surface area (Å²) >= 11 is 1.07. The first-order valence-electron chi connectivity index (χ1n) is 5.04. The summed E-state index contributed by atoms with van der Waals surface area (Å²) in [5.74, 6) is -1.14. The summed E-state index contributed by atoms with van der Waals surface area (Å²) in [6.45, 7) is -0.0726. The minimum atomic E-state index is -3.71. The highest BCUT2D eigenvalue weighted by atomic mass is 32.2. The van der Waals surface area contributed by atoms with Crippen LogP contribution in [0.2, 0.25) is 0 Å². The van der Waals surface area contributed by atoms with Crippen molar-refractivity contribution in [3.05, 3.63) is 28.6 Å². The van der Waals surface area contributed by atoms with Crippen LogP contribution in [0.4, 0.5) is 0 Å². The molecule has 0 fully saturated rings. The van der Waals surface area contributed by atoms with Crippen LogP contribution in [-0.2, 0) is 23.6 Å². The first-order valence-corrected chi connectivity index (χ1v) is 7.40. The van der Waals surface area contributed by atoms with Crippen molar-refractivity contribution in [2.75, 3.05) is 0 Å². The van der Waals surface area contributed by atoms with E-state index in [4.69, 9.17) is 5.11 Å². The SMILES string of the molecule is Cn1cnc(S(=O)(=O)NCc2nc(C(=O)O)cs2)c1. The van der Waals surface area contributed by atoms with Gasteiger partial charge >= 0.3 is 5.97 Å². The standard InChI is InChI=1S/C9H10N4O4S2/c1-13-3-8(10-5-13)19(16,17)11-2-7-12-6(4-18-7)9(14)15/h3-5,11H,2H2,1H3,(H,14,15). The molecule has 19 heavy (non-hydrogen) atoms. The van der Waals surface area contributed by atoms with Gasteiger partial charge in [-0.05, 0) is 0 Å². The Morgan fingerprint density at radius 1 is 1.58 bits per heavy atom. The molecule has 0 spiro atoms. The number of rotatable bonds is 5. The Bertz CT molecular complexity index is 703. The van der Waals surface area contributed by atoms with Gasteiger partial charge in [-0.3, -0.25) is 0 Å². The number of aromatic nitrogens is 3. The third-order valence-electron chi connectivity index (χ3n) is 2.14. The highest BCUT2D eigenvalue weighted by Gasteiger charge is 2.17. The largest absolute Gasteiger partial charge is 0.476 e. The monoisotopic (exact) mass is 302 g/mol. The Labute approximate surface area is 112 Å². The van der Waals surface area contributed by atoms with Gasteiger partial charge in [0.1, 0.15) is 5.01 Å². The summed E-state index contributed by atoms with van der Waals surface area (Å²) in [5.41, 5.74) is -0.1000. The van der Waals surface area contributed by atoms with Gasteiger partial charge in [0.2, 0.25) is 0 Å². The molecule has 102 valence electrons. The second-order valence-corrected chi connectivity index (χ2v) is 6.29. The molecule has 0 atom stereocenters. The molecule has 0 radical (unpaired) electrons. The molecule has 0 aliphatic heterocycles. The third kappa shape index (κ3) is 3.16. The number of hydrogen-bond donors (Lipinski definition) is 2. The van der Waals surface area contributed by atoms with Crippen LogP contribution in [0.3, 0.4) is 0 Å². The van der Waals surface area contributed by atoms with E-state index in [1.807, 2.05) is 0 Å². The van der Waals surface area contributed by atoms with Crippen LogP contribution in [0.25, 0.3) is 0 Å². The molecule has 0 aliphatic rings. The van der Waals surface area contributed by atoms with Crippen LogP contribution in [-0.4, -0.2) is 34.0 Å². The quantitative estimate of drug-likeness (QED) is 0.807. The van der Waals surface area contributed by atoms with E-state index in [1.54, 1.807) is 7.05 Å². The number of carbonyl (C=O) groups is 1. The first-order chi connectivity index (χ1) is 8.88. The Kier molecular flexibility index (Phi) is 3.64. The van der Waals surface area contributed by atoms with E-state index < -0.39 is 16.0 Å². The third-order valence-corrected chi connectivity index (χ3v) is 4.28. The normalized spacial score (nSPS) is 11.6. The molecule has 0 saturated heterocycles. The number of carboxylic acids is 1. The lowest BCUT2D eigenvalue weighted by atomic mass is 10.5. The summed E-state index contributed by atoms with van der Waals surface area (Å²) in [5, 5.41) is 10.3. The number of thiazole rings is 1. The molecular weight excluding hydrogens is 292 g/mol. The van der Waals surface area contributed by atoms with Crippen molar-refractivity contribution in [2.24, 2.45) is 7.05 Å². The van der Waals surface area contributed by atoms with Crippen LogP contribution < -0.4 is 4.72 Å². The topological polar surface area (TPSA) is 114 Å². The van der Waals surface area contributed by atoms with Gasteiger partial charge in [0, 0.05) is 18.6 Å². The van der Waals surface area contributed by atoms with Crippen LogP contribution in [0, 0.1) is 0 Å². The zero-order chi connectivity index (χ0) is 14.0. The number of carboxylic acid groups (broad SMARTS) is 1. The van der Waals surface area contributed by atoms with Crippen molar-refractivity contribution >= 4 is 27.3 Å². The zero-order valence-corrected chi connectivity index (χ0v) is 11.4. The molecule has 8 nitrogen and oxygen atoms in total. The second kappa shape index (κ2) is 5.07. The van der Waals surface area contributed by atoms with Crippen LogP contribution >= 0.6 is 11.3 Å². The second-order valence-electron chi connectivity index (χ2n) is 3.63. The first kappa shape index (κ1) is 13.6. The fourth-order valence-corrected chi connectivity index (χ4v) is 3.01. The average molecular weight is 302 g/mol. The minimum absolute atomic E-state index is 0.0726. The predicted molar refractivity (Wildman–Crippen MR) is 66.3 cm³/mol. The number of imidazole rings is 1. The van der Waals surface area contributed by atoms with Crippen LogP contribution in [0.1, 0.15) is 15.5 Å². The Balaban J connectivity index is 2.07. The van der Waals surface area contributed by atoms with E-state index in [9.17, 15) is 13.2 Å². The lowest BCUT2D eigenvalue weighted by molar-refractivity contribution is 0.0691. The molecule has 0 aromatic carbocycles. The van der Waals surface area contributed by atoms with Crippen molar-refractivity contribution in [3.63, 3.8) is 0 Å². The molecule has 2 heterocycles. The van der Waals surface area contributed by atoms with Gasteiger partial charge in [0.15, 0.2) is 10.7 Å². The maximum Gasteiger partial charge on any atom is 0.355 e. The number of hydrogen-bond acceptors (Lipinski definition) is 6. The van der Waals surface area contributed by atoms with Gasteiger partial charge in [-0.2, -0.15) is 0 Å². The molecule has 0 unspecified atom stereocenters. The molecule has 2 rings (SSSR count). The van der Waals surface area contributed by atoms with Crippen molar-refractivity contribution in [1.29, 1.82) is 0 Å². The number of nitrogens with zero attached hydrogens (tertiary/aromatic N) is 3. The Morgan fingerprint density at radius 2 is 2.32 bits per heavy atom. The summed E-state index contributed by atoms with van der Waals surface area (Å²) in [4.78, 5) is 18.1. The fourth-order valence-electron chi connectivity index (χ4n) is 1.25. The van der Waals surface area contributed by atoms with Crippen LogP contribution in [0.5, 0.6) is 0 Å². The highest BCUT2D eigenvalue weighted by molar-refractivity contribution is 7.89. The van der Waals surface area contributed by atoms with Gasteiger partial charge in [0.05, 0.1) is 12.9 Å². The number of aromatic carboxylic acids is 1. The van der Waals surface area contributed by atoms with E-state index >= 15 is 0 Å². The molecule has 2 N–H and O–H groups in total. The smallest absolute Gasteiger partial charge is 0.355 e. The van der Waals surface area contributed by atoms with Crippen molar-refractivity contribution < 1.29 is 18.3 Å². The highest BCUT2D eigenvalue weighted by Crippen LogP contribution is 2.11. The maximum atomic E-state index is 11.8. The molecule has 0 bridgehead atoms. The van der Waals surface area contributed by atoms with E-state index in [2.05, 4.69) is 14.7 Å². The zero-order valence-electron chi connectivity index (χ0n) is 9.77. The Morgan fingerprint density at radius 3 is 2.84 bits per heavy atom. The summed E-state index contributed by atoms with van der Waals surface area (Å²) < 4.78 is 27.5. The molecule has 2 aromatic rings. The van der Waals surface area contributed by atoms with E-state index in [0.29, 0.717) is 5.01 Å². The van der Waals surface area contributed by atoms with Gasteiger partial charge in [-0.1, -0.05) is 0 Å². The van der Waals surface area contributed by atoms with Crippen molar-refractivity contribution in [2.45, 2.75) is 11.6 Å².